The molecule has 2 heterocycles. The first-order valence-corrected chi connectivity index (χ1v) is 7.85. The Bertz CT molecular complexity index is 652. The van der Waals surface area contributed by atoms with Gasteiger partial charge in [-0.25, -0.2) is 0 Å². The highest BCUT2D eigenvalue weighted by atomic mass is 127. The van der Waals surface area contributed by atoms with Crippen molar-refractivity contribution in [2.24, 2.45) is 0 Å². The molecule has 0 atom stereocenters. The van der Waals surface area contributed by atoms with Gasteiger partial charge in [0, 0.05) is 27.0 Å². The number of hydrogen-bond acceptors (Lipinski definition) is 3. The number of halogens is 1. The van der Waals surface area contributed by atoms with E-state index < -0.39 is 0 Å². The van der Waals surface area contributed by atoms with Gasteiger partial charge in [0.1, 0.15) is 0 Å². The van der Waals surface area contributed by atoms with Crippen molar-refractivity contribution in [3.8, 4) is 0 Å². The fraction of sp³-hybridized carbons (Fsp3) is 0.400. The summed E-state index contributed by atoms with van der Waals surface area (Å²) < 4.78 is 6.86. The van der Waals surface area contributed by atoms with Crippen LogP contribution in [0.25, 0.3) is 10.9 Å². The minimum absolute atomic E-state index is 0.648. The summed E-state index contributed by atoms with van der Waals surface area (Å²) in [6.45, 7) is 1.48. The van der Waals surface area contributed by atoms with Gasteiger partial charge in [0.25, 0.3) is 0 Å². The van der Waals surface area contributed by atoms with Gasteiger partial charge in [-0.2, -0.15) is 0 Å². The van der Waals surface area contributed by atoms with Gasteiger partial charge in [0.05, 0.1) is 30.1 Å². The quantitative estimate of drug-likeness (QED) is 0.827. The van der Waals surface area contributed by atoms with E-state index >= 15 is 0 Å². The van der Waals surface area contributed by atoms with Gasteiger partial charge < -0.3 is 10.1 Å². The first kappa shape index (κ1) is 11.9. The third kappa shape index (κ3) is 2.10. The smallest absolute Gasteiger partial charge is 0.0859 e. The van der Waals surface area contributed by atoms with Crippen molar-refractivity contribution in [1.82, 2.24) is 4.98 Å². The zero-order valence-corrected chi connectivity index (χ0v) is 12.7. The Hall–Kier alpha value is -0.880. The van der Waals surface area contributed by atoms with Gasteiger partial charge >= 0.3 is 0 Å². The topological polar surface area (TPSA) is 34.2 Å². The number of hydrogen-bond donors (Lipinski definition) is 1. The third-order valence-corrected chi connectivity index (χ3v) is 4.68. The number of anilines is 1. The number of aromatic nitrogens is 1. The predicted molar refractivity (Wildman–Crippen MR) is 84.5 cm³/mol. The molecule has 0 radical (unpaired) electrons. The molecule has 0 spiro atoms. The lowest BCUT2D eigenvalue weighted by Gasteiger charge is -2.22. The molecule has 4 rings (SSSR count). The fourth-order valence-electron chi connectivity index (χ4n) is 2.64. The van der Waals surface area contributed by atoms with Crippen LogP contribution in [0.2, 0.25) is 0 Å². The van der Waals surface area contributed by atoms with Crippen LogP contribution in [-0.4, -0.2) is 17.6 Å². The van der Waals surface area contributed by atoms with Crippen LogP contribution in [0.5, 0.6) is 0 Å². The fourth-order valence-corrected chi connectivity index (χ4v) is 3.26. The Balaban J connectivity index is 1.99. The first-order chi connectivity index (χ1) is 9.33. The van der Waals surface area contributed by atoms with Crippen LogP contribution < -0.4 is 5.32 Å². The average molecular weight is 366 g/mol. The van der Waals surface area contributed by atoms with Crippen molar-refractivity contribution >= 4 is 39.2 Å². The molecule has 4 heteroatoms. The van der Waals surface area contributed by atoms with Gasteiger partial charge in [-0.1, -0.05) is 12.1 Å². The van der Waals surface area contributed by atoms with E-state index in [2.05, 4.69) is 46.1 Å². The maximum atomic E-state index is 5.64. The molecule has 1 N–H and O–H groups in total. The van der Waals surface area contributed by atoms with E-state index in [0.717, 1.165) is 18.5 Å². The summed E-state index contributed by atoms with van der Waals surface area (Å²) in [7, 11) is 0. The molecular formula is C15H15IN2O. The van der Waals surface area contributed by atoms with Gasteiger partial charge in [0.15, 0.2) is 0 Å². The van der Waals surface area contributed by atoms with Crippen molar-refractivity contribution in [2.75, 3.05) is 11.9 Å². The Morgan fingerprint density at radius 2 is 2.21 bits per heavy atom. The normalized spacial score (nSPS) is 18.4. The second-order valence-electron chi connectivity index (χ2n) is 5.27. The summed E-state index contributed by atoms with van der Waals surface area (Å²) in [5.41, 5.74) is 4.88. The number of para-hydroxylation sites is 1. The van der Waals surface area contributed by atoms with Crippen LogP contribution in [0.1, 0.15) is 24.1 Å². The van der Waals surface area contributed by atoms with E-state index in [-0.39, 0.29) is 0 Å². The maximum absolute atomic E-state index is 5.64. The van der Waals surface area contributed by atoms with Crippen molar-refractivity contribution in [1.29, 1.82) is 0 Å². The van der Waals surface area contributed by atoms with Crippen LogP contribution in [0.3, 0.4) is 0 Å². The van der Waals surface area contributed by atoms with Crippen molar-refractivity contribution in [3.05, 3.63) is 33.0 Å². The number of rotatable bonds is 2. The molecule has 1 aromatic carbocycles. The molecule has 1 aromatic heterocycles. The molecule has 1 aliphatic carbocycles. The van der Waals surface area contributed by atoms with Crippen LogP contribution in [0.15, 0.2) is 18.2 Å². The molecule has 3 nitrogen and oxygen atoms in total. The van der Waals surface area contributed by atoms with E-state index in [1.807, 2.05) is 0 Å². The molecule has 0 bridgehead atoms. The van der Waals surface area contributed by atoms with Crippen molar-refractivity contribution in [2.45, 2.75) is 31.9 Å². The summed E-state index contributed by atoms with van der Waals surface area (Å²) in [6.07, 6.45) is 3.49. The average Bonchev–Trinajstić information content (AvgIpc) is 3.24. The summed E-state index contributed by atoms with van der Waals surface area (Å²) in [4.78, 5) is 4.88. The number of benzene rings is 1. The third-order valence-electron chi connectivity index (χ3n) is 3.81. The molecule has 0 amide bonds. The second-order valence-corrected chi connectivity index (χ2v) is 6.43. The lowest BCUT2D eigenvalue weighted by atomic mass is 10.0. The summed E-state index contributed by atoms with van der Waals surface area (Å²) in [5, 5.41) is 4.93. The Morgan fingerprint density at radius 1 is 1.32 bits per heavy atom. The minimum Gasteiger partial charge on any atom is -0.381 e. The van der Waals surface area contributed by atoms with Crippen molar-refractivity contribution in [3.63, 3.8) is 0 Å². The molecule has 2 aliphatic rings. The van der Waals surface area contributed by atoms with Gasteiger partial charge in [-0.3, -0.25) is 4.98 Å². The number of nitrogens with zero attached hydrogens (tertiary/aromatic N) is 1. The molecule has 1 fully saturated rings. The van der Waals surface area contributed by atoms with E-state index in [1.54, 1.807) is 0 Å². The molecule has 2 aromatic rings. The zero-order valence-electron chi connectivity index (χ0n) is 10.6. The number of pyridine rings is 1. The van der Waals surface area contributed by atoms with Crippen molar-refractivity contribution < 1.29 is 4.74 Å². The molecule has 0 unspecified atom stereocenters. The molecule has 1 aliphatic heterocycles. The first-order valence-electron chi connectivity index (χ1n) is 6.77. The number of fused-ring (bicyclic) bond motifs is 2. The lowest BCUT2D eigenvalue weighted by molar-refractivity contribution is 0.110. The Kier molecular flexibility index (Phi) is 2.88. The molecule has 19 heavy (non-hydrogen) atoms. The summed E-state index contributed by atoms with van der Waals surface area (Å²) in [5.74, 6) is 0. The highest BCUT2D eigenvalue weighted by Gasteiger charge is 2.26. The van der Waals surface area contributed by atoms with E-state index in [1.165, 1.54) is 38.7 Å². The Labute approximate surface area is 125 Å². The minimum atomic E-state index is 0.648. The largest absolute Gasteiger partial charge is 0.381 e. The SMILES string of the molecule is Ic1cccc2c(NC3CC3)c3c(nc12)CCOC3. The zero-order chi connectivity index (χ0) is 12.8. The molecular weight excluding hydrogens is 351 g/mol. The lowest BCUT2D eigenvalue weighted by Crippen LogP contribution is -2.16. The van der Waals surface area contributed by atoms with Crippen LogP contribution in [0.4, 0.5) is 5.69 Å². The van der Waals surface area contributed by atoms with Gasteiger partial charge in [-0.05, 0) is 41.5 Å². The number of ether oxygens (including phenoxy) is 1. The monoisotopic (exact) mass is 366 g/mol. The molecule has 1 saturated carbocycles. The second kappa shape index (κ2) is 4.59. The standard InChI is InChI=1S/C15H15IN2O/c16-12-3-1-2-10-14(17-9-4-5-9)11-8-19-7-6-13(11)18-15(10)12/h1-3,9H,4-8H2,(H,17,18). The summed E-state index contributed by atoms with van der Waals surface area (Å²) in [6, 6.07) is 7.06. The predicted octanol–water partition coefficient (Wildman–Crippen LogP) is 3.49. The highest BCUT2D eigenvalue weighted by molar-refractivity contribution is 14.1. The van der Waals surface area contributed by atoms with E-state index in [9.17, 15) is 0 Å². The Morgan fingerprint density at radius 3 is 3.05 bits per heavy atom. The number of nitrogens with one attached hydrogen (secondary N) is 1. The summed E-state index contributed by atoms with van der Waals surface area (Å²) >= 11 is 2.38. The van der Waals surface area contributed by atoms with Gasteiger partial charge in [-0.15, -0.1) is 0 Å². The van der Waals surface area contributed by atoms with Crippen LogP contribution in [0, 0.1) is 3.57 Å². The van der Waals surface area contributed by atoms with E-state index in [0.29, 0.717) is 12.6 Å². The molecule has 98 valence electrons. The van der Waals surface area contributed by atoms with Crippen LogP contribution >= 0.6 is 22.6 Å². The van der Waals surface area contributed by atoms with Gasteiger partial charge in [0.2, 0.25) is 0 Å². The highest BCUT2D eigenvalue weighted by Crippen LogP contribution is 2.36. The van der Waals surface area contributed by atoms with Crippen LogP contribution in [-0.2, 0) is 17.8 Å². The maximum Gasteiger partial charge on any atom is 0.0859 e. The van der Waals surface area contributed by atoms with E-state index in [4.69, 9.17) is 9.72 Å². The molecule has 0 saturated heterocycles.